The standard InChI is InChI=1S/C23H13BrCl4N2O2/c24-17-9-13(4-7-21(17)32-12-14-5-6-16(25)10-19(14)27)8-15(11-29)23(31)30-20-3-1-2-18(26)22(20)28/h1-10H,12H2,(H,30,31)/b15-8-. The molecule has 1 N–H and O–H groups in total. The van der Waals surface area contributed by atoms with Crippen molar-refractivity contribution in [2.45, 2.75) is 6.61 Å². The van der Waals surface area contributed by atoms with E-state index in [4.69, 9.17) is 51.1 Å². The molecule has 0 fully saturated rings. The summed E-state index contributed by atoms with van der Waals surface area (Å²) in [5.41, 5.74) is 1.62. The van der Waals surface area contributed by atoms with Crippen molar-refractivity contribution in [2.75, 3.05) is 5.32 Å². The Kier molecular flexibility index (Phi) is 8.47. The summed E-state index contributed by atoms with van der Waals surface area (Å²) in [6, 6.07) is 17.1. The van der Waals surface area contributed by atoms with Crippen molar-refractivity contribution in [2.24, 2.45) is 0 Å². The van der Waals surface area contributed by atoms with Gasteiger partial charge >= 0.3 is 0 Å². The fraction of sp³-hybridized carbons (Fsp3) is 0.0435. The highest BCUT2D eigenvalue weighted by Gasteiger charge is 2.13. The molecule has 3 aromatic carbocycles. The molecule has 0 heterocycles. The molecule has 1 amide bonds. The average Bonchev–Trinajstić information content (AvgIpc) is 2.75. The van der Waals surface area contributed by atoms with Gasteiger partial charge in [0.2, 0.25) is 0 Å². The molecule has 0 unspecified atom stereocenters. The first kappa shape index (κ1) is 24.4. The number of ether oxygens (including phenoxy) is 1. The van der Waals surface area contributed by atoms with Gasteiger partial charge in [0.1, 0.15) is 24.0 Å². The molecule has 0 saturated carbocycles. The minimum Gasteiger partial charge on any atom is -0.488 e. The summed E-state index contributed by atoms with van der Waals surface area (Å²) in [4.78, 5) is 12.5. The summed E-state index contributed by atoms with van der Waals surface area (Å²) in [5, 5.41) is 13.6. The number of amides is 1. The summed E-state index contributed by atoms with van der Waals surface area (Å²) in [7, 11) is 0. The number of nitriles is 1. The van der Waals surface area contributed by atoms with Gasteiger partial charge in [-0.25, -0.2) is 0 Å². The second-order valence-corrected chi connectivity index (χ2v) is 8.92. The molecule has 0 aliphatic rings. The van der Waals surface area contributed by atoms with Crippen LogP contribution in [-0.2, 0) is 11.4 Å². The quantitative estimate of drug-likeness (QED) is 0.240. The first-order chi connectivity index (χ1) is 15.3. The van der Waals surface area contributed by atoms with Crippen molar-refractivity contribution >= 4 is 80.0 Å². The van der Waals surface area contributed by atoms with Crippen molar-refractivity contribution in [3.63, 3.8) is 0 Å². The zero-order chi connectivity index (χ0) is 23.3. The van der Waals surface area contributed by atoms with E-state index in [9.17, 15) is 10.1 Å². The van der Waals surface area contributed by atoms with Crippen LogP contribution in [-0.4, -0.2) is 5.91 Å². The van der Waals surface area contributed by atoms with Crippen LogP contribution in [0.25, 0.3) is 6.08 Å². The second kappa shape index (κ2) is 11.1. The number of carbonyl (C=O) groups is 1. The molecule has 3 rings (SSSR count). The summed E-state index contributed by atoms with van der Waals surface area (Å²) >= 11 is 27.6. The molecular formula is C23H13BrCl4N2O2. The largest absolute Gasteiger partial charge is 0.488 e. The number of rotatable bonds is 6. The van der Waals surface area contributed by atoms with Gasteiger partial charge in [-0.05, 0) is 64.0 Å². The minimum absolute atomic E-state index is 0.102. The predicted octanol–water partition coefficient (Wildman–Crippen LogP) is 8.19. The topological polar surface area (TPSA) is 62.1 Å². The van der Waals surface area contributed by atoms with E-state index in [0.29, 0.717) is 36.5 Å². The average molecular weight is 571 g/mol. The maximum Gasteiger partial charge on any atom is 0.266 e. The van der Waals surface area contributed by atoms with Crippen LogP contribution in [0.15, 0.2) is 64.6 Å². The Morgan fingerprint density at radius 2 is 1.84 bits per heavy atom. The van der Waals surface area contributed by atoms with E-state index in [1.165, 1.54) is 6.08 Å². The Morgan fingerprint density at radius 3 is 2.53 bits per heavy atom. The van der Waals surface area contributed by atoms with Crippen LogP contribution in [0.2, 0.25) is 20.1 Å². The summed E-state index contributed by atoms with van der Waals surface area (Å²) in [6.45, 7) is 0.246. The molecule has 0 spiro atoms. The van der Waals surface area contributed by atoms with Gasteiger partial charge in [0.25, 0.3) is 5.91 Å². The molecule has 0 saturated heterocycles. The molecular weight excluding hydrogens is 558 g/mol. The molecule has 0 bridgehead atoms. The maximum absolute atomic E-state index is 12.5. The van der Waals surface area contributed by atoms with Crippen LogP contribution in [0.5, 0.6) is 5.75 Å². The highest BCUT2D eigenvalue weighted by Crippen LogP contribution is 2.31. The maximum atomic E-state index is 12.5. The highest BCUT2D eigenvalue weighted by atomic mass is 79.9. The monoisotopic (exact) mass is 568 g/mol. The number of anilines is 1. The lowest BCUT2D eigenvalue weighted by molar-refractivity contribution is -0.112. The number of halogens is 5. The van der Waals surface area contributed by atoms with Gasteiger partial charge in [-0.2, -0.15) is 5.26 Å². The fourth-order valence-corrected chi connectivity index (χ4v) is 3.95. The van der Waals surface area contributed by atoms with E-state index in [0.717, 1.165) is 5.56 Å². The number of nitrogens with zero attached hydrogens (tertiary/aromatic N) is 1. The molecule has 3 aromatic rings. The second-order valence-electron chi connectivity index (χ2n) is 6.44. The number of hydrogen-bond donors (Lipinski definition) is 1. The Bertz CT molecular complexity index is 1260. The van der Waals surface area contributed by atoms with Crippen LogP contribution in [0.3, 0.4) is 0 Å². The van der Waals surface area contributed by atoms with Crippen molar-refractivity contribution < 1.29 is 9.53 Å². The van der Waals surface area contributed by atoms with E-state index >= 15 is 0 Å². The van der Waals surface area contributed by atoms with Gasteiger partial charge in [-0.1, -0.05) is 64.6 Å². The van der Waals surface area contributed by atoms with Crippen LogP contribution >= 0.6 is 62.3 Å². The van der Waals surface area contributed by atoms with Crippen molar-refractivity contribution in [3.05, 3.63) is 95.9 Å². The predicted molar refractivity (Wildman–Crippen MR) is 134 cm³/mol. The van der Waals surface area contributed by atoms with Crippen molar-refractivity contribution in [1.82, 2.24) is 0 Å². The Balaban J connectivity index is 1.74. The molecule has 0 aliphatic carbocycles. The van der Waals surface area contributed by atoms with E-state index in [2.05, 4.69) is 21.2 Å². The van der Waals surface area contributed by atoms with Crippen LogP contribution in [0, 0.1) is 11.3 Å². The molecule has 162 valence electrons. The lowest BCUT2D eigenvalue weighted by Gasteiger charge is -2.11. The smallest absolute Gasteiger partial charge is 0.266 e. The first-order valence-electron chi connectivity index (χ1n) is 9.02. The van der Waals surface area contributed by atoms with E-state index in [1.807, 2.05) is 6.07 Å². The van der Waals surface area contributed by atoms with Gasteiger partial charge in [-0.15, -0.1) is 0 Å². The number of benzene rings is 3. The lowest BCUT2D eigenvalue weighted by Crippen LogP contribution is -2.13. The zero-order valence-electron chi connectivity index (χ0n) is 16.1. The van der Waals surface area contributed by atoms with Gasteiger partial charge in [0.15, 0.2) is 0 Å². The van der Waals surface area contributed by atoms with Crippen LogP contribution in [0.4, 0.5) is 5.69 Å². The lowest BCUT2D eigenvalue weighted by atomic mass is 10.1. The molecule has 0 atom stereocenters. The molecule has 4 nitrogen and oxygen atoms in total. The van der Waals surface area contributed by atoms with E-state index in [1.54, 1.807) is 54.6 Å². The van der Waals surface area contributed by atoms with Crippen molar-refractivity contribution in [3.8, 4) is 11.8 Å². The Hall–Kier alpha value is -2.20. The van der Waals surface area contributed by atoms with Gasteiger partial charge in [0.05, 0.1) is 20.2 Å². The third-order valence-electron chi connectivity index (χ3n) is 4.23. The first-order valence-corrected chi connectivity index (χ1v) is 11.3. The summed E-state index contributed by atoms with van der Waals surface area (Å²) in [6.07, 6.45) is 1.46. The molecule has 32 heavy (non-hydrogen) atoms. The normalized spacial score (nSPS) is 11.1. The summed E-state index contributed by atoms with van der Waals surface area (Å²) < 4.78 is 6.46. The molecule has 0 aliphatic heterocycles. The molecule has 0 aromatic heterocycles. The Morgan fingerprint density at radius 1 is 1.06 bits per heavy atom. The van der Waals surface area contributed by atoms with E-state index < -0.39 is 5.91 Å². The zero-order valence-corrected chi connectivity index (χ0v) is 20.7. The number of nitrogens with one attached hydrogen (secondary N) is 1. The van der Waals surface area contributed by atoms with Gasteiger partial charge in [0, 0.05) is 15.6 Å². The Labute approximate surface area is 213 Å². The van der Waals surface area contributed by atoms with E-state index in [-0.39, 0.29) is 17.2 Å². The number of carbonyl (C=O) groups excluding carboxylic acids is 1. The number of hydrogen-bond acceptors (Lipinski definition) is 3. The third-order valence-corrected chi connectivity index (χ3v) is 6.26. The fourth-order valence-electron chi connectivity index (χ4n) is 2.62. The van der Waals surface area contributed by atoms with Gasteiger partial charge in [-0.3, -0.25) is 4.79 Å². The van der Waals surface area contributed by atoms with Crippen molar-refractivity contribution in [1.29, 1.82) is 5.26 Å². The van der Waals surface area contributed by atoms with Gasteiger partial charge < -0.3 is 10.1 Å². The summed E-state index contributed by atoms with van der Waals surface area (Å²) in [5.74, 6) is -0.0349. The highest BCUT2D eigenvalue weighted by molar-refractivity contribution is 9.10. The van der Waals surface area contributed by atoms with Crippen LogP contribution in [0.1, 0.15) is 11.1 Å². The third kappa shape index (κ3) is 6.19. The molecule has 9 heteroatoms. The minimum atomic E-state index is -0.606. The molecule has 0 radical (unpaired) electrons. The van der Waals surface area contributed by atoms with Crippen LogP contribution < -0.4 is 10.1 Å². The SMILES string of the molecule is N#C/C(=C/c1ccc(OCc2ccc(Cl)cc2Cl)c(Br)c1)C(=O)Nc1cccc(Cl)c1Cl.